The lowest BCUT2D eigenvalue weighted by Crippen LogP contribution is -2.18. The molecule has 0 radical (unpaired) electrons. The molecule has 12 heavy (non-hydrogen) atoms. The Morgan fingerprint density at radius 3 is 2.42 bits per heavy atom. The van der Waals surface area contributed by atoms with Crippen molar-refractivity contribution in [3.63, 3.8) is 0 Å². The number of nitrogens with one attached hydrogen (secondary N) is 2. The highest BCUT2D eigenvalue weighted by atomic mass is 32.2. The summed E-state index contributed by atoms with van der Waals surface area (Å²) in [4.78, 5) is 20.2. The molecule has 2 amide bonds. The Kier molecular flexibility index (Phi) is 4.06. The van der Waals surface area contributed by atoms with Crippen molar-refractivity contribution in [3.8, 4) is 0 Å². The largest absolute Gasteiger partial charge is 0.365 e. The second kappa shape index (κ2) is 5.13. The first-order valence-electron chi connectivity index (χ1n) is 3.54. The molecule has 68 valence electrons. The molecule has 0 aromatic rings. The Labute approximate surface area is 74.2 Å². The zero-order valence-electron chi connectivity index (χ0n) is 6.46. The number of imide groups is 1. The van der Waals surface area contributed by atoms with Crippen LogP contribution in [0.15, 0.2) is 0 Å². The van der Waals surface area contributed by atoms with Crippen molar-refractivity contribution in [2.24, 2.45) is 0 Å². The molecule has 6 heteroatoms. The first kappa shape index (κ1) is 9.50. The maximum atomic E-state index is 10.1. The van der Waals surface area contributed by atoms with E-state index in [9.17, 15) is 9.59 Å². The first-order chi connectivity index (χ1) is 5.79. The topological polar surface area (TPSA) is 67.4 Å². The van der Waals surface area contributed by atoms with Crippen LogP contribution in [0.5, 0.6) is 0 Å². The Morgan fingerprint density at radius 1 is 1.42 bits per heavy atom. The number of rotatable bonds is 0. The van der Waals surface area contributed by atoms with Crippen molar-refractivity contribution in [1.82, 2.24) is 10.6 Å². The van der Waals surface area contributed by atoms with Gasteiger partial charge in [-0.25, -0.2) is 0 Å². The maximum absolute atomic E-state index is 10.1. The molecule has 0 aromatic heterocycles. The van der Waals surface area contributed by atoms with E-state index in [0.717, 1.165) is 31.6 Å². The Bertz CT molecular complexity index is 160. The molecule has 5 nitrogen and oxygen atoms in total. The number of amides is 2. The summed E-state index contributed by atoms with van der Waals surface area (Å²) in [6, 6.07) is 0. The Balaban J connectivity index is 0.000000127. The molecular formula is C6H10N2O3S. The molecule has 2 N–H and O–H groups in total. The van der Waals surface area contributed by atoms with Gasteiger partial charge in [-0.1, -0.05) is 11.8 Å². The third-order valence-corrected chi connectivity index (χ3v) is 1.97. The van der Waals surface area contributed by atoms with Crippen molar-refractivity contribution in [3.05, 3.63) is 0 Å². The molecule has 0 aromatic carbocycles. The highest BCUT2D eigenvalue weighted by Crippen LogP contribution is 2.06. The van der Waals surface area contributed by atoms with Crippen molar-refractivity contribution in [1.29, 1.82) is 0 Å². The van der Waals surface area contributed by atoms with Gasteiger partial charge in [-0.15, -0.1) is 0 Å². The van der Waals surface area contributed by atoms with E-state index in [0.29, 0.717) is 5.75 Å². The minimum Gasteiger partial charge on any atom is -0.365 e. The normalized spacial score (nSPS) is 21.7. The zero-order chi connectivity index (χ0) is 8.81. The molecule has 2 rings (SSSR count). The van der Waals surface area contributed by atoms with Crippen LogP contribution in [0.2, 0.25) is 0 Å². The quantitative estimate of drug-likeness (QED) is 0.540. The van der Waals surface area contributed by atoms with Gasteiger partial charge >= 0.3 is 0 Å². The molecule has 2 aliphatic heterocycles. The molecular weight excluding hydrogens is 180 g/mol. The molecule has 0 aliphatic carbocycles. The molecule has 2 heterocycles. The predicted molar refractivity (Wildman–Crippen MR) is 44.8 cm³/mol. The van der Waals surface area contributed by atoms with Crippen LogP contribution in [-0.4, -0.2) is 36.8 Å². The number of carbonyl (C=O) groups excluding carboxylic acids is 2. The van der Waals surface area contributed by atoms with Crippen LogP contribution in [0.4, 0.5) is 4.79 Å². The monoisotopic (exact) mass is 190 g/mol. The van der Waals surface area contributed by atoms with E-state index >= 15 is 0 Å². The summed E-state index contributed by atoms with van der Waals surface area (Å²) >= 11 is 1.01. The van der Waals surface area contributed by atoms with Gasteiger partial charge in [0.2, 0.25) is 5.91 Å². The lowest BCUT2D eigenvalue weighted by molar-refractivity contribution is -0.117. The summed E-state index contributed by atoms with van der Waals surface area (Å²) in [6.07, 6.45) is 0. The summed E-state index contributed by atoms with van der Waals surface area (Å²) in [7, 11) is 0. The van der Waals surface area contributed by atoms with Gasteiger partial charge in [-0.3, -0.25) is 20.2 Å². The minimum absolute atomic E-state index is 0.185. The second-order valence-electron chi connectivity index (χ2n) is 2.18. The lowest BCUT2D eigenvalue weighted by atomic mass is 10.7. The van der Waals surface area contributed by atoms with Crippen LogP contribution in [0, 0.1) is 0 Å². The smallest absolute Gasteiger partial charge is 0.286 e. The number of thioether (sulfide) groups is 1. The minimum atomic E-state index is -0.231. The average molecular weight is 190 g/mol. The molecule has 0 unspecified atom stereocenters. The summed E-state index contributed by atoms with van der Waals surface area (Å²) < 4.78 is 4.83. The molecule has 2 aliphatic rings. The summed E-state index contributed by atoms with van der Waals surface area (Å²) in [5.41, 5.74) is 0. The zero-order valence-corrected chi connectivity index (χ0v) is 7.28. The van der Waals surface area contributed by atoms with Crippen LogP contribution in [-0.2, 0) is 9.53 Å². The number of hydrogen-bond donors (Lipinski definition) is 2. The van der Waals surface area contributed by atoms with Crippen molar-refractivity contribution < 1.29 is 14.3 Å². The van der Waals surface area contributed by atoms with Crippen LogP contribution in [0.1, 0.15) is 0 Å². The van der Waals surface area contributed by atoms with Gasteiger partial charge in [0.05, 0.1) is 19.1 Å². The van der Waals surface area contributed by atoms with Gasteiger partial charge in [0, 0.05) is 6.54 Å². The highest BCUT2D eigenvalue weighted by Gasteiger charge is 2.16. The summed E-state index contributed by atoms with van der Waals surface area (Å²) in [5, 5.41) is 4.87. The molecule has 0 atom stereocenters. The van der Waals surface area contributed by atoms with Crippen LogP contribution < -0.4 is 10.6 Å². The molecule has 2 fully saturated rings. The number of carbonyl (C=O) groups is 2. The lowest BCUT2D eigenvalue weighted by Gasteiger charge is -1.77. The Hall–Kier alpha value is -0.590. The highest BCUT2D eigenvalue weighted by molar-refractivity contribution is 8.14. The standard InChI is InChI=1S/C3H3NO2S.C3H7NO/c5-2-1-7-3(6)4-2;1-2-5-3-4-1/h1H2,(H,4,5,6);4H,1-3H2. The van der Waals surface area contributed by atoms with E-state index in [-0.39, 0.29) is 11.1 Å². The van der Waals surface area contributed by atoms with E-state index in [4.69, 9.17) is 4.74 Å². The van der Waals surface area contributed by atoms with E-state index in [1.807, 2.05) is 0 Å². The van der Waals surface area contributed by atoms with Crippen molar-refractivity contribution >= 4 is 22.9 Å². The van der Waals surface area contributed by atoms with E-state index in [2.05, 4.69) is 10.6 Å². The fraction of sp³-hybridized carbons (Fsp3) is 0.667. The molecule has 0 spiro atoms. The number of hydrogen-bond acceptors (Lipinski definition) is 5. The third kappa shape index (κ3) is 3.70. The fourth-order valence-electron chi connectivity index (χ4n) is 0.678. The van der Waals surface area contributed by atoms with E-state index < -0.39 is 0 Å². The van der Waals surface area contributed by atoms with Gasteiger partial charge in [-0.05, 0) is 0 Å². The molecule has 0 saturated carbocycles. The van der Waals surface area contributed by atoms with Crippen LogP contribution >= 0.6 is 11.8 Å². The third-order valence-electron chi connectivity index (χ3n) is 1.20. The first-order valence-corrected chi connectivity index (χ1v) is 4.52. The van der Waals surface area contributed by atoms with E-state index in [1.54, 1.807) is 0 Å². The molecule has 0 bridgehead atoms. The van der Waals surface area contributed by atoms with Crippen molar-refractivity contribution in [2.75, 3.05) is 25.6 Å². The average Bonchev–Trinajstić information content (AvgIpc) is 2.63. The fourth-order valence-corrected chi connectivity index (χ4v) is 1.20. The van der Waals surface area contributed by atoms with Gasteiger partial charge in [0.1, 0.15) is 0 Å². The summed E-state index contributed by atoms with van der Waals surface area (Å²) in [6.45, 7) is 2.67. The SMILES string of the molecule is C1COCN1.O=C1CSC(=O)N1. The van der Waals surface area contributed by atoms with Gasteiger partial charge in [-0.2, -0.15) is 0 Å². The second-order valence-corrected chi connectivity index (χ2v) is 3.13. The van der Waals surface area contributed by atoms with Crippen molar-refractivity contribution in [2.45, 2.75) is 0 Å². The van der Waals surface area contributed by atoms with Gasteiger partial charge in [0.25, 0.3) is 5.24 Å². The van der Waals surface area contributed by atoms with Gasteiger partial charge in [0.15, 0.2) is 0 Å². The van der Waals surface area contributed by atoms with E-state index in [1.165, 1.54) is 0 Å². The predicted octanol–water partition coefficient (Wildman–Crippen LogP) is -0.467. The molecule has 2 saturated heterocycles. The summed E-state index contributed by atoms with van der Waals surface area (Å²) in [5.74, 6) is 0.105. The van der Waals surface area contributed by atoms with Crippen LogP contribution in [0.3, 0.4) is 0 Å². The van der Waals surface area contributed by atoms with Gasteiger partial charge < -0.3 is 4.74 Å². The Morgan fingerprint density at radius 2 is 2.25 bits per heavy atom. The maximum Gasteiger partial charge on any atom is 0.286 e. The van der Waals surface area contributed by atoms with Crippen LogP contribution in [0.25, 0.3) is 0 Å². The number of ether oxygens (including phenoxy) is 1.